The molecule has 4 aliphatic rings. The van der Waals surface area contributed by atoms with E-state index >= 15 is 0 Å². The summed E-state index contributed by atoms with van der Waals surface area (Å²) in [5, 5.41) is 47.4. The highest BCUT2D eigenvalue weighted by Gasteiger charge is 2.72. The van der Waals surface area contributed by atoms with E-state index in [0.29, 0.717) is 12.3 Å². The molecular formula is C35H46O7. The van der Waals surface area contributed by atoms with E-state index in [1.807, 2.05) is 20.8 Å². The first-order valence-corrected chi connectivity index (χ1v) is 15.5. The molecule has 1 aromatic carbocycles. The molecule has 0 saturated heterocycles. The molecule has 5 rings (SSSR count). The number of hydrogen-bond donors (Lipinski definition) is 4. The van der Waals surface area contributed by atoms with E-state index in [4.69, 9.17) is 0 Å². The molecule has 4 N–H and O–H groups in total. The molecule has 0 spiro atoms. The normalized spacial score (nSPS) is 35.0. The van der Waals surface area contributed by atoms with Gasteiger partial charge in [-0.1, -0.05) is 67.4 Å². The van der Waals surface area contributed by atoms with Crippen LogP contribution in [0.5, 0.6) is 5.75 Å². The number of benzene rings is 1. The van der Waals surface area contributed by atoms with E-state index in [9.17, 15) is 34.8 Å². The summed E-state index contributed by atoms with van der Waals surface area (Å²) >= 11 is 0. The zero-order valence-corrected chi connectivity index (χ0v) is 26.2. The van der Waals surface area contributed by atoms with Crippen LogP contribution in [0, 0.1) is 28.6 Å². The SMILES string of the molecule is CC(=O)C1=C(O)[C@]2(O)C(=O)C3=C(O)c4c(O)c(C5CCC(C)CC5)cc(C(C)C)c4C[C@]3(C)C[C@]2(C)C(C(C)C)C1=O. The van der Waals surface area contributed by atoms with Crippen molar-refractivity contribution in [3.8, 4) is 5.75 Å². The van der Waals surface area contributed by atoms with Gasteiger partial charge in [-0.05, 0) is 73.0 Å². The van der Waals surface area contributed by atoms with Gasteiger partial charge in [-0.3, -0.25) is 14.4 Å². The molecule has 2 fully saturated rings. The van der Waals surface area contributed by atoms with Crippen molar-refractivity contribution in [3.05, 3.63) is 45.2 Å². The van der Waals surface area contributed by atoms with Crippen molar-refractivity contribution in [2.75, 3.05) is 0 Å². The quantitative estimate of drug-likeness (QED) is 0.296. The summed E-state index contributed by atoms with van der Waals surface area (Å²) in [6, 6.07) is 2.08. The summed E-state index contributed by atoms with van der Waals surface area (Å²) in [6.07, 6.45) is 4.36. The van der Waals surface area contributed by atoms with Gasteiger partial charge >= 0.3 is 0 Å². The van der Waals surface area contributed by atoms with E-state index in [-0.39, 0.29) is 46.8 Å². The standard InChI is InChI=1S/C35H46O7/c1-16(2)21-13-22(20-11-9-18(5)10-12-20)28(37)25-23(21)14-33(7)15-34(8)26(17(3)4)29(38)24(19(6)36)31(40)35(34,42)32(41)27(33)30(25)39/h13,16-18,20,26,37,39-40,42H,9-12,14-15H2,1-8H3/t18?,20?,26?,33-,34-,35+/m1/s1. The Labute approximate surface area is 248 Å². The lowest BCUT2D eigenvalue weighted by Crippen LogP contribution is -2.69. The third-order valence-corrected chi connectivity index (χ3v) is 11.1. The second-order valence-corrected chi connectivity index (χ2v) is 14.8. The van der Waals surface area contributed by atoms with Crippen molar-refractivity contribution in [1.82, 2.24) is 0 Å². The third kappa shape index (κ3) is 3.91. The summed E-state index contributed by atoms with van der Waals surface area (Å²) in [7, 11) is 0. The fraction of sp³-hybridized carbons (Fsp3) is 0.629. The van der Waals surface area contributed by atoms with Gasteiger partial charge in [0.15, 0.2) is 17.2 Å². The maximum absolute atomic E-state index is 14.6. The Balaban J connectivity index is 1.80. The first-order valence-electron chi connectivity index (χ1n) is 15.5. The van der Waals surface area contributed by atoms with Gasteiger partial charge in [-0.2, -0.15) is 0 Å². The zero-order chi connectivity index (χ0) is 31.3. The van der Waals surface area contributed by atoms with Crippen molar-refractivity contribution >= 4 is 23.1 Å². The fourth-order valence-electron chi connectivity index (χ4n) is 9.23. The molecule has 0 aliphatic heterocycles. The number of aliphatic hydroxyl groups excluding tert-OH is 2. The average molecular weight is 579 g/mol. The lowest BCUT2D eigenvalue weighted by Gasteiger charge is -2.60. The number of hydrogen-bond acceptors (Lipinski definition) is 7. The molecule has 4 aliphatic carbocycles. The first-order chi connectivity index (χ1) is 19.4. The van der Waals surface area contributed by atoms with Crippen LogP contribution in [-0.2, 0) is 20.8 Å². The number of carbonyl (C=O) groups excluding carboxylic acids is 3. The molecule has 1 aromatic rings. The number of Topliss-reactive ketones (excluding diaryl/α,β-unsaturated/α-hetero) is 3. The van der Waals surface area contributed by atoms with Crippen molar-refractivity contribution in [2.24, 2.45) is 28.6 Å². The molecule has 0 aromatic heterocycles. The lowest BCUT2D eigenvalue weighted by atomic mass is 9.43. The van der Waals surface area contributed by atoms with Gasteiger partial charge < -0.3 is 20.4 Å². The summed E-state index contributed by atoms with van der Waals surface area (Å²) in [5.74, 6) is -4.01. The smallest absolute Gasteiger partial charge is 0.203 e. The molecule has 0 heterocycles. The van der Waals surface area contributed by atoms with Crippen LogP contribution in [0.3, 0.4) is 0 Å². The Morgan fingerprint density at radius 3 is 2.12 bits per heavy atom. The number of fused-ring (bicyclic) bond motifs is 3. The van der Waals surface area contributed by atoms with E-state index in [2.05, 4.69) is 26.8 Å². The Hall–Kier alpha value is -2.93. The van der Waals surface area contributed by atoms with E-state index in [1.165, 1.54) is 0 Å². The van der Waals surface area contributed by atoms with Crippen LogP contribution in [0.2, 0.25) is 0 Å². The topological polar surface area (TPSA) is 132 Å². The number of aromatic hydroxyl groups is 1. The van der Waals surface area contributed by atoms with E-state index in [1.54, 1.807) is 6.92 Å². The highest BCUT2D eigenvalue weighted by atomic mass is 16.3. The molecular weight excluding hydrogens is 532 g/mol. The molecule has 42 heavy (non-hydrogen) atoms. The van der Waals surface area contributed by atoms with Crippen LogP contribution in [0.25, 0.3) is 5.76 Å². The van der Waals surface area contributed by atoms with Gasteiger partial charge in [0, 0.05) is 22.3 Å². The second-order valence-electron chi connectivity index (χ2n) is 14.8. The summed E-state index contributed by atoms with van der Waals surface area (Å²) in [4.78, 5) is 40.9. The zero-order valence-electron chi connectivity index (χ0n) is 26.2. The van der Waals surface area contributed by atoms with Gasteiger partial charge in [0.2, 0.25) is 5.78 Å². The van der Waals surface area contributed by atoms with E-state index < -0.39 is 51.0 Å². The number of allylic oxidation sites excluding steroid dienone is 1. The minimum absolute atomic E-state index is 0.0304. The van der Waals surface area contributed by atoms with Crippen molar-refractivity contribution in [3.63, 3.8) is 0 Å². The molecule has 7 heteroatoms. The minimum Gasteiger partial charge on any atom is -0.508 e. The largest absolute Gasteiger partial charge is 0.508 e. The van der Waals surface area contributed by atoms with Crippen molar-refractivity contribution in [2.45, 2.75) is 111 Å². The number of ketones is 3. The van der Waals surface area contributed by atoms with E-state index in [0.717, 1.165) is 49.3 Å². The van der Waals surface area contributed by atoms with Crippen molar-refractivity contribution in [1.29, 1.82) is 0 Å². The fourth-order valence-corrected chi connectivity index (χ4v) is 9.23. The predicted octanol–water partition coefficient (Wildman–Crippen LogP) is 6.61. The highest BCUT2D eigenvalue weighted by molar-refractivity contribution is 6.24. The van der Waals surface area contributed by atoms with Crippen LogP contribution in [-0.4, -0.2) is 43.4 Å². The Bertz CT molecular complexity index is 1450. The molecule has 2 saturated carbocycles. The third-order valence-electron chi connectivity index (χ3n) is 11.1. The molecule has 0 amide bonds. The average Bonchev–Trinajstić information content (AvgIpc) is 2.86. The van der Waals surface area contributed by atoms with Gasteiger partial charge in [0.1, 0.15) is 22.8 Å². The van der Waals surface area contributed by atoms with Crippen LogP contribution in [0.15, 0.2) is 23.0 Å². The molecule has 4 atom stereocenters. The van der Waals surface area contributed by atoms with Crippen LogP contribution < -0.4 is 0 Å². The van der Waals surface area contributed by atoms with Crippen molar-refractivity contribution < 1.29 is 34.8 Å². The Morgan fingerprint density at radius 2 is 1.60 bits per heavy atom. The first kappa shape index (κ1) is 30.5. The summed E-state index contributed by atoms with van der Waals surface area (Å²) in [6.45, 7) is 14.6. The maximum Gasteiger partial charge on any atom is 0.203 e. The monoisotopic (exact) mass is 578 g/mol. The molecule has 228 valence electrons. The molecule has 7 nitrogen and oxygen atoms in total. The van der Waals surface area contributed by atoms with Gasteiger partial charge in [-0.15, -0.1) is 0 Å². The molecule has 0 radical (unpaired) electrons. The number of carbonyl (C=O) groups is 3. The van der Waals surface area contributed by atoms with Gasteiger partial charge in [-0.25, -0.2) is 0 Å². The number of aliphatic hydroxyl groups is 3. The van der Waals surface area contributed by atoms with Crippen LogP contribution in [0.4, 0.5) is 0 Å². The molecule has 0 bridgehead atoms. The Kier molecular flexibility index (Phi) is 7.12. The van der Waals surface area contributed by atoms with Crippen LogP contribution >= 0.6 is 0 Å². The molecule has 1 unspecified atom stereocenters. The number of rotatable bonds is 4. The van der Waals surface area contributed by atoms with Gasteiger partial charge in [0.25, 0.3) is 0 Å². The second kappa shape index (κ2) is 9.80. The lowest BCUT2D eigenvalue weighted by molar-refractivity contribution is -0.178. The summed E-state index contributed by atoms with van der Waals surface area (Å²) < 4.78 is 0. The number of phenols is 1. The summed E-state index contributed by atoms with van der Waals surface area (Å²) in [5.41, 5.74) is -2.90. The highest BCUT2D eigenvalue weighted by Crippen LogP contribution is 2.65. The maximum atomic E-state index is 14.6. The number of phenolic OH excluding ortho intramolecular Hbond substituents is 1. The van der Waals surface area contributed by atoms with Crippen LogP contribution in [0.1, 0.15) is 122 Å². The van der Waals surface area contributed by atoms with Gasteiger partial charge in [0.05, 0.1) is 5.56 Å². The minimum atomic E-state index is -2.59. The predicted molar refractivity (Wildman–Crippen MR) is 160 cm³/mol. The Morgan fingerprint density at radius 1 is 1.00 bits per heavy atom.